The van der Waals surface area contributed by atoms with E-state index in [9.17, 15) is 0 Å². The lowest BCUT2D eigenvalue weighted by atomic mass is 10.3. The van der Waals surface area contributed by atoms with Gasteiger partial charge >= 0.3 is 0 Å². The fourth-order valence-electron chi connectivity index (χ4n) is 1.22. The second-order valence-electron chi connectivity index (χ2n) is 2.34. The minimum Gasteiger partial charge on any atom is -0.360 e. The highest BCUT2D eigenvalue weighted by molar-refractivity contribution is 4.83. The molecule has 0 aromatic carbocycles. The summed E-state index contributed by atoms with van der Waals surface area (Å²) in [6, 6.07) is 0.578. The van der Waals surface area contributed by atoms with Crippen LogP contribution in [0.2, 0.25) is 0 Å². The van der Waals surface area contributed by atoms with Crippen LogP contribution in [0.4, 0.5) is 0 Å². The lowest BCUT2D eigenvalue weighted by molar-refractivity contribution is 0.105. The SMILES string of the molecule is C1NCC2NC1CO2. The summed E-state index contributed by atoms with van der Waals surface area (Å²) in [5.41, 5.74) is 0. The highest BCUT2D eigenvalue weighted by Crippen LogP contribution is 2.04. The zero-order valence-electron chi connectivity index (χ0n) is 4.68. The second kappa shape index (κ2) is 1.69. The molecular weight excluding hydrogens is 104 g/mol. The standard InChI is InChI=1S/C5H10N2O/c1-4-3-8-5(7-4)2-6-1/h4-7H,1-3H2. The first-order chi connectivity index (χ1) is 3.95. The van der Waals surface area contributed by atoms with Gasteiger partial charge in [-0.3, -0.25) is 5.32 Å². The third kappa shape index (κ3) is 0.632. The fraction of sp³-hybridized carbons (Fsp3) is 1.00. The summed E-state index contributed by atoms with van der Waals surface area (Å²) in [4.78, 5) is 0. The molecule has 2 atom stereocenters. The van der Waals surface area contributed by atoms with Gasteiger partial charge in [0, 0.05) is 19.1 Å². The van der Waals surface area contributed by atoms with Gasteiger partial charge in [0.15, 0.2) is 0 Å². The van der Waals surface area contributed by atoms with E-state index in [1.165, 1.54) is 0 Å². The van der Waals surface area contributed by atoms with E-state index in [1.54, 1.807) is 0 Å². The summed E-state index contributed by atoms with van der Waals surface area (Å²) in [5, 5.41) is 6.56. The van der Waals surface area contributed by atoms with Gasteiger partial charge in [-0.25, -0.2) is 0 Å². The van der Waals surface area contributed by atoms with E-state index in [1.807, 2.05) is 0 Å². The summed E-state index contributed by atoms with van der Waals surface area (Å²) >= 11 is 0. The van der Waals surface area contributed by atoms with E-state index in [-0.39, 0.29) is 0 Å². The number of hydrogen-bond acceptors (Lipinski definition) is 3. The van der Waals surface area contributed by atoms with Crippen LogP contribution in [0, 0.1) is 0 Å². The molecule has 0 amide bonds. The predicted molar refractivity (Wildman–Crippen MR) is 29.5 cm³/mol. The first-order valence-electron chi connectivity index (χ1n) is 3.03. The zero-order valence-corrected chi connectivity index (χ0v) is 4.68. The van der Waals surface area contributed by atoms with E-state index in [2.05, 4.69) is 10.6 Å². The lowest BCUT2D eigenvalue weighted by Crippen LogP contribution is -2.49. The van der Waals surface area contributed by atoms with Crippen LogP contribution in [0.25, 0.3) is 0 Å². The van der Waals surface area contributed by atoms with Crippen molar-refractivity contribution >= 4 is 0 Å². The Kier molecular flexibility index (Phi) is 0.997. The van der Waals surface area contributed by atoms with Crippen molar-refractivity contribution in [3.8, 4) is 0 Å². The van der Waals surface area contributed by atoms with Gasteiger partial charge < -0.3 is 10.1 Å². The molecule has 0 aromatic rings. The van der Waals surface area contributed by atoms with Crippen LogP contribution in [0.3, 0.4) is 0 Å². The molecule has 46 valence electrons. The lowest BCUT2D eigenvalue weighted by Gasteiger charge is -2.18. The third-order valence-electron chi connectivity index (χ3n) is 1.64. The van der Waals surface area contributed by atoms with E-state index in [0.717, 1.165) is 19.7 Å². The average Bonchev–Trinajstić information content (AvgIpc) is 2.12. The Morgan fingerprint density at radius 3 is 3.12 bits per heavy atom. The van der Waals surface area contributed by atoms with Crippen molar-refractivity contribution in [2.24, 2.45) is 0 Å². The van der Waals surface area contributed by atoms with Crippen LogP contribution in [0.1, 0.15) is 0 Å². The van der Waals surface area contributed by atoms with Gasteiger partial charge in [-0.05, 0) is 0 Å². The van der Waals surface area contributed by atoms with Crippen molar-refractivity contribution in [3.05, 3.63) is 0 Å². The maximum absolute atomic E-state index is 5.30. The molecule has 2 rings (SSSR count). The molecule has 0 saturated carbocycles. The quantitative estimate of drug-likeness (QED) is 0.419. The van der Waals surface area contributed by atoms with E-state index in [0.29, 0.717) is 12.3 Å². The minimum atomic E-state index is 0.300. The first-order valence-corrected chi connectivity index (χ1v) is 3.03. The van der Waals surface area contributed by atoms with Crippen molar-refractivity contribution < 1.29 is 4.74 Å². The summed E-state index contributed by atoms with van der Waals surface area (Å²) in [6.45, 7) is 2.92. The summed E-state index contributed by atoms with van der Waals surface area (Å²) in [7, 11) is 0. The van der Waals surface area contributed by atoms with Gasteiger partial charge in [-0.15, -0.1) is 0 Å². The molecular formula is C5H10N2O. The van der Waals surface area contributed by atoms with Crippen LogP contribution in [0.5, 0.6) is 0 Å². The summed E-state index contributed by atoms with van der Waals surface area (Å²) in [6.07, 6.45) is 0.300. The smallest absolute Gasteiger partial charge is 0.121 e. The molecule has 2 bridgehead atoms. The second-order valence-corrected chi connectivity index (χ2v) is 2.34. The van der Waals surface area contributed by atoms with E-state index < -0.39 is 0 Å². The molecule has 2 N–H and O–H groups in total. The van der Waals surface area contributed by atoms with Crippen molar-refractivity contribution in [2.75, 3.05) is 19.7 Å². The molecule has 2 unspecified atom stereocenters. The van der Waals surface area contributed by atoms with Gasteiger partial charge in [-0.2, -0.15) is 0 Å². The number of ether oxygens (including phenoxy) is 1. The van der Waals surface area contributed by atoms with Crippen molar-refractivity contribution in [1.29, 1.82) is 0 Å². The largest absolute Gasteiger partial charge is 0.360 e. The van der Waals surface area contributed by atoms with Gasteiger partial charge in [0.25, 0.3) is 0 Å². The maximum atomic E-state index is 5.30. The Morgan fingerprint density at radius 1 is 1.38 bits per heavy atom. The molecule has 8 heavy (non-hydrogen) atoms. The molecule has 3 heteroatoms. The molecule has 0 spiro atoms. The number of hydrogen-bond donors (Lipinski definition) is 2. The van der Waals surface area contributed by atoms with Crippen LogP contribution >= 0.6 is 0 Å². The Balaban J connectivity index is 2.03. The van der Waals surface area contributed by atoms with Crippen LogP contribution in [0.15, 0.2) is 0 Å². The Morgan fingerprint density at radius 2 is 2.38 bits per heavy atom. The van der Waals surface area contributed by atoms with Crippen LogP contribution in [-0.4, -0.2) is 32.0 Å². The van der Waals surface area contributed by atoms with Gasteiger partial charge in [0.05, 0.1) is 6.61 Å². The monoisotopic (exact) mass is 114 g/mol. The van der Waals surface area contributed by atoms with E-state index >= 15 is 0 Å². The topological polar surface area (TPSA) is 33.3 Å². The predicted octanol–water partition coefficient (Wildman–Crippen LogP) is -1.10. The van der Waals surface area contributed by atoms with Crippen LogP contribution in [-0.2, 0) is 4.74 Å². The van der Waals surface area contributed by atoms with Gasteiger partial charge in [0.1, 0.15) is 6.23 Å². The number of fused-ring (bicyclic) bond motifs is 2. The maximum Gasteiger partial charge on any atom is 0.121 e. The number of rotatable bonds is 0. The molecule has 2 saturated heterocycles. The molecule has 2 aliphatic rings. The van der Waals surface area contributed by atoms with Crippen molar-refractivity contribution in [1.82, 2.24) is 10.6 Å². The summed E-state index contributed by atoms with van der Waals surface area (Å²) in [5.74, 6) is 0. The Labute approximate surface area is 48.4 Å². The molecule has 0 radical (unpaired) electrons. The Bertz CT molecular complexity index is 82.4. The average molecular weight is 114 g/mol. The molecule has 2 fully saturated rings. The first kappa shape index (κ1) is 4.73. The van der Waals surface area contributed by atoms with E-state index in [4.69, 9.17) is 4.74 Å². The van der Waals surface area contributed by atoms with Crippen molar-refractivity contribution in [3.63, 3.8) is 0 Å². The van der Waals surface area contributed by atoms with Crippen molar-refractivity contribution in [2.45, 2.75) is 12.3 Å². The number of nitrogens with one attached hydrogen (secondary N) is 2. The fourth-order valence-corrected chi connectivity index (χ4v) is 1.22. The molecule has 2 aliphatic heterocycles. The Hall–Kier alpha value is -0.120. The van der Waals surface area contributed by atoms with Gasteiger partial charge in [-0.1, -0.05) is 0 Å². The molecule has 2 heterocycles. The third-order valence-corrected chi connectivity index (χ3v) is 1.64. The highest BCUT2D eigenvalue weighted by Gasteiger charge is 2.27. The highest BCUT2D eigenvalue weighted by atomic mass is 16.5. The van der Waals surface area contributed by atoms with Crippen LogP contribution < -0.4 is 10.6 Å². The minimum absolute atomic E-state index is 0.300. The molecule has 3 nitrogen and oxygen atoms in total. The molecule has 0 aromatic heterocycles. The zero-order chi connectivity index (χ0) is 5.40. The summed E-state index contributed by atoms with van der Waals surface area (Å²) < 4.78 is 5.30. The normalized spacial score (nSPS) is 45.0. The molecule has 0 aliphatic carbocycles. The number of piperazine rings is 1. The van der Waals surface area contributed by atoms with Gasteiger partial charge in [0.2, 0.25) is 0 Å².